The van der Waals surface area contributed by atoms with Crippen LogP contribution in [-0.4, -0.2) is 31.8 Å². The maximum atomic E-state index is 11.0. The van der Waals surface area contributed by atoms with Crippen LogP contribution in [0, 0.1) is 5.41 Å². The first kappa shape index (κ1) is 17.8. The molecule has 0 spiro atoms. The number of hydrogen-bond acceptors (Lipinski definition) is 4. The number of carbonyl (C=O) groups is 1. The van der Waals surface area contributed by atoms with Crippen molar-refractivity contribution in [2.75, 3.05) is 20.8 Å². The molecule has 0 saturated carbocycles. The van der Waals surface area contributed by atoms with Crippen molar-refractivity contribution in [1.29, 1.82) is 0 Å². The lowest BCUT2D eigenvalue weighted by Gasteiger charge is -2.19. The Bertz CT molecular complexity index is 503. The molecule has 0 saturated heterocycles. The van der Waals surface area contributed by atoms with Crippen LogP contribution in [0.15, 0.2) is 16.6 Å². The second kappa shape index (κ2) is 7.66. The number of hydrogen-bond donors (Lipinski definition) is 2. The fourth-order valence-corrected chi connectivity index (χ4v) is 2.23. The number of nitrogens with one attached hydrogen (secondary N) is 1. The lowest BCUT2D eigenvalue weighted by Crippen LogP contribution is -2.28. The molecule has 0 atom stereocenters. The van der Waals surface area contributed by atoms with E-state index in [1.54, 1.807) is 28.1 Å². The van der Waals surface area contributed by atoms with Crippen LogP contribution in [0.5, 0.6) is 11.5 Å². The molecule has 0 aliphatic carbocycles. The van der Waals surface area contributed by atoms with E-state index in [-0.39, 0.29) is 0 Å². The number of ether oxygens (including phenoxy) is 2. The highest BCUT2D eigenvalue weighted by molar-refractivity contribution is 9.10. The van der Waals surface area contributed by atoms with E-state index in [9.17, 15) is 4.79 Å². The van der Waals surface area contributed by atoms with Gasteiger partial charge in [-0.3, -0.25) is 4.79 Å². The first-order valence-corrected chi connectivity index (χ1v) is 7.45. The molecule has 1 aromatic rings. The van der Waals surface area contributed by atoms with Crippen molar-refractivity contribution in [2.45, 2.75) is 26.8 Å². The largest absolute Gasteiger partial charge is 0.493 e. The summed E-state index contributed by atoms with van der Waals surface area (Å²) < 4.78 is 11.4. The third-order valence-electron chi connectivity index (χ3n) is 3.37. The highest BCUT2D eigenvalue weighted by atomic mass is 79.9. The number of methoxy groups -OCH3 is 2. The number of carboxylic acid groups (broad SMARTS) is 1. The third kappa shape index (κ3) is 4.89. The van der Waals surface area contributed by atoms with E-state index in [1.807, 2.05) is 12.1 Å². The van der Waals surface area contributed by atoms with Gasteiger partial charge in [0.15, 0.2) is 11.5 Å². The zero-order valence-electron chi connectivity index (χ0n) is 12.8. The molecule has 0 amide bonds. The molecule has 118 valence electrons. The van der Waals surface area contributed by atoms with Crippen molar-refractivity contribution in [3.63, 3.8) is 0 Å². The monoisotopic (exact) mass is 359 g/mol. The smallest absolute Gasteiger partial charge is 0.309 e. The number of benzene rings is 1. The molecule has 1 aromatic carbocycles. The molecule has 0 radical (unpaired) electrons. The zero-order valence-corrected chi connectivity index (χ0v) is 14.4. The van der Waals surface area contributed by atoms with Crippen molar-refractivity contribution in [2.24, 2.45) is 5.41 Å². The molecular formula is C15H22BrNO4. The van der Waals surface area contributed by atoms with Crippen LogP contribution in [0.1, 0.15) is 25.8 Å². The van der Waals surface area contributed by atoms with Crippen LogP contribution in [-0.2, 0) is 11.3 Å². The van der Waals surface area contributed by atoms with Crippen molar-refractivity contribution in [1.82, 2.24) is 5.32 Å². The van der Waals surface area contributed by atoms with E-state index in [0.717, 1.165) is 10.0 Å². The van der Waals surface area contributed by atoms with E-state index >= 15 is 0 Å². The summed E-state index contributed by atoms with van der Waals surface area (Å²) in [7, 11) is 3.19. The van der Waals surface area contributed by atoms with Crippen LogP contribution >= 0.6 is 15.9 Å². The van der Waals surface area contributed by atoms with Gasteiger partial charge < -0.3 is 19.9 Å². The van der Waals surface area contributed by atoms with Gasteiger partial charge in [-0.15, -0.1) is 0 Å². The minimum absolute atomic E-state index is 0.563. The minimum atomic E-state index is -0.781. The second-order valence-corrected chi connectivity index (χ2v) is 6.27. The highest BCUT2D eigenvalue weighted by Crippen LogP contribution is 2.33. The van der Waals surface area contributed by atoms with Crippen molar-refractivity contribution in [3.8, 4) is 11.5 Å². The van der Waals surface area contributed by atoms with Gasteiger partial charge in [-0.25, -0.2) is 0 Å². The maximum Gasteiger partial charge on any atom is 0.309 e. The van der Waals surface area contributed by atoms with E-state index in [2.05, 4.69) is 21.2 Å². The van der Waals surface area contributed by atoms with Crippen molar-refractivity contribution < 1.29 is 19.4 Å². The van der Waals surface area contributed by atoms with E-state index in [1.165, 1.54) is 0 Å². The lowest BCUT2D eigenvalue weighted by molar-refractivity contribution is -0.147. The Morgan fingerprint density at radius 2 is 1.86 bits per heavy atom. The molecule has 0 aliphatic rings. The minimum Gasteiger partial charge on any atom is -0.493 e. The molecule has 21 heavy (non-hydrogen) atoms. The summed E-state index contributed by atoms with van der Waals surface area (Å²) in [5, 5.41) is 12.3. The summed E-state index contributed by atoms with van der Waals surface area (Å²) in [4.78, 5) is 11.0. The first-order valence-electron chi connectivity index (χ1n) is 6.66. The molecule has 0 heterocycles. The number of rotatable bonds is 8. The summed E-state index contributed by atoms with van der Waals surface area (Å²) in [5.74, 6) is 0.556. The Morgan fingerprint density at radius 1 is 1.29 bits per heavy atom. The van der Waals surface area contributed by atoms with E-state index < -0.39 is 11.4 Å². The molecule has 0 aliphatic heterocycles. The summed E-state index contributed by atoms with van der Waals surface area (Å²) in [5.41, 5.74) is 0.308. The van der Waals surface area contributed by atoms with Gasteiger partial charge in [0.2, 0.25) is 0 Å². The lowest BCUT2D eigenvalue weighted by atomic mass is 9.90. The standard InChI is InChI=1S/C15H22BrNO4/c1-15(2,14(18)19)5-6-17-9-10-7-12(20-3)13(21-4)8-11(10)16/h7-8,17H,5-6,9H2,1-4H3,(H,18,19). The van der Waals surface area contributed by atoms with Gasteiger partial charge in [-0.1, -0.05) is 15.9 Å². The molecule has 1 rings (SSSR count). The van der Waals surface area contributed by atoms with Gasteiger partial charge in [0.1, 0.15) is 0 Å². The van der Waals surface area contributed by atoms with Gasteiger partial charge in [-0.2, -0.15) is 0 Å². The van der Waals surface area contributed by atoms with Crippen molar-refractivity contribution in [3.05, 3.63) is 22.2 Å². The zero-order chi connectivity index (χ0) is 16.0. The van der Waals surface area contributed by atoms with Crippen LogP contribution in [0.4, 0.5) is 0 Å². The Labute approximate surface area is 133 Å². The second-order valence-electron chi connectivity index (χ2n) is 5.41. The predicted octanol–water partition coefficient (Wildman–Crippen LogP) is 3.06. The van der Waals surface area contributed by atoms with Crippen LogP contribution in [0.25, 0.3) is 0 Å². The summed E-state index contributed by atoms with van der Waals surface area (Å²) in [6, 6.07) is 3.76. The Kier molecular flexibility index (Phi) is 6.48. The van der Waals surface area contributed by atoms with Gasteiger partial charge in [-0.05, 0) is 44.5 Å². The Balaban J connectivity index is 2.62. The fraction of sp³-hybridized carbons (Fsp3) is 0.533. The summed E-state index contributed by atoms with van der Waals surface area (Å²) in [6.45, 7) is 4.70. The van der Waals surface area contributed by atoms with Gasteiger partial charge in [0.25, 0.3) is 0 Å². The average molecular weight is 360 g/mol. The van der Waals surface area contributed by atoms with Crippen molar-refractivity contribution >= 4 is 21.9 Å². The molecule has 0 bridgehead atoms. The first-order chi connectivity index (χ1) is 9.81. The molecule has 0 unspecified atom stereocenters. The third-order valence-corrected chi connectivity index (χ3v) is 4.11. The van der Waals surface area contributed by atoms with Crippen LogP contribution < -0.4 is 14.8 Å². The van der Waals surface area contributed by atoms with E-state index in [0.29, 0.717) is 31.0 Å². The normalized spacial score (nSPS) is 11.3. The fourth-order valence-electron chi connectivity index (χ4n) is 1.76. The Hall–Kier alpha value is -1.27. The van der Waals surface area contributed by atoms with Gasteiger partial charge in [0.05, 0.1) is 19.6 Å². The number of aliphatic carboxylic acids is 1. The molecule has 2 N–H and O–H groups in total. The Morgan fingerprint density at radius 3 is 2.38 bits per heavy atom. The molecule has 6 heteroatoms. The van der Waals surface area contributed by atoms with Crippen LogP contribution in [0.2, 0.25) is 0 Å². The highest BCUT2D eigenvalue weighted by Gasteiger charge is 2.26. The topological polar surface area (TPSA) is 67.8 Å². The summed E-state index contributed by atoms with van der Waals surface area (Å²) in [6.07, 6.45) is 0.563. The molecular weight excluding hydrogens is 338 g/mol. The summed E-state index contributed by atoms with van der Waals surface area (Å²) >= 11 is 3.50. The van der Waals surface area contributed by atoms with Crippen LogP contribution in [0.3, 0.4) is 0 Å². The van der Waals surface area contributed by atoms with Gasteiger partial charge in [0, 0.05) is 11.0 Å². The number of halogens is 1. The quantitative estimate of drug-likeness (QED) is 0.698. The maximum absolute atomic E-state index is 11.0. The predicted molar refractivity (Wildman–Crippen MR) is 85.0 cm³/mol. The number of carboxylic acids is 1. The molecule has 0 aromatic heterocycles. The van der Waals surface area contributed by atoms with E-state index in [4.69, 9.17) is 14.6 Å². The average Bonchev–Trinajstić information content (AvgIpc) is 2.44. The molecule has 0 fully saturated rings. The SMILES string of the molecule is COc1cc(Br)c(CNCCC(C)(C)C(=O)O)cc1OC. The molecule has 5 nitrogen and oxygen atoms in total. The van der Waals surface area contributed by atoms with Gasteiger partial charge >= 0.3 is 5.97 Å².